The normalized spacial score (nSPS) is 16.8. The fraction of sp³-hybridized carbons (Fsp3) is 0.667. The summed E-state index contributed by atoms with van der Waals surface area (Å²) >= 11 is 1.78. The molecule has 1 fully saturated rings. The van der Waals surface area contributed by atoms with Gasteiger partial charge in [0.1, 0.15) is 0 Å². The van der Waals surface area contributed by atoms with Crippen molar-refractivity contribution in [3.8, 4) is 0 Å². The van der Waals surface area contributed by atoms with Crippen molar-refractivity contribution in [2.75, 3.05) is 6.61 Å². The van der Waals surface area contributed by atoms with Crippen LogP contribution in [0.25, 0.3) is 0 Å². The monoisotopic (exact) mass is 183 g/mol. The quantitative estimate of drug-likeness (QED) is 0.774. The number of thiazole rings is 1. The third-order valence-corrected chi connectivity index (χ3v) is 3.14. The van der Waals surface area contributed by atoms with Gasteiger partial charge in [0.15, 0.2) is 0 Å². The summed E-state index contributed by atoms with van der Waals surface area (Å²) in [6.07, 6.45) is 4.42. The van der Waals surface area contributed by atoms with E-state index in [2.05, 4.69) is 10.4 Å². The first-order valence-electron chi connectivity index (χ1n) is 4.45. The predicted octanol–water partition coefficient (Wildman–Crippen LogP) is 1.95. The van der Waals surface area contributed by atoms with Gasteiger partial charge in [0.05, 0.1) is 10.7 Å². The highest BCUT2D eigenvalue weighted by Crippen LogP contribution is 2.41. The fourth-order valence-corrected chi connectivity index (χ4v) is 2.24. The zero-order chi connectivity index (χ0) is 8.39. The predicted molar refractivity (Wildman–Crippen MR) is 49.5 cm³/mol. The van der Waals surface area contributed by atoms with Crippen molar-refractivity contribution in [1.82, 2.24) is 4.98 Å². The standard InChI is InChI=1S/C9H13NOS/c11-5-1-2-8-6-12-9(10-8)7-3-4-7/h6-7,11H,1-5H2. The molecule has 12 heavy (non-hydrogen) atoms. The van der Waals surface area contributed by atoms with Crippen LogP contribution in [0.2, 0.25) is 0 Å². The van der Waals surface area contributed by atoms with Gasteiger partial charge in [0, 0.05) is 17.9 Å². The Morgan fingerprint density at radius 3 is 3.08 bits per heavy atom. The van der Waals surface area contributed by atoms with Gasteiger partial charge < -0.3 is 5.11 Å². The Bertz CT molecular complexity index is 255. The first-order chi connectivity index (χ1) is 5.90. The van der Waals surface area contributed by atoms with Crippen LogP contribution in [-0.2, 0) is 6.42 Å². The summed E-state index contributed by atoms with van der Waals surface area (Å²) in [6.45, 7) is 0.274. The maximum absolute atomic E-state index is 8.63. The molecule has 0 aliphatic heterocycles. The van der Waals surface area contributed by atoms with Crippen molar-refractivity contribution in [2.24, 2.45) is 0 Å². The van der Waals surface area contributed by atoms with E-state index >= 15 is 0 Å². The van der Waals surface area contributed by atoms with Crippen LogP contribution in [0.3, 0.4) is 0 Å². The molecule has 0 amide bonds. The lowest BCUT2D eigenvalue weighted by atomic mass is 10.3. The van der Waals surface area contributed by atoms with Crippen LogP contribution < -0.4 is 0 Å². The topological polar surface area (TPSA) is 33.1 Å². The van der Waals surface area contributed by atoms with E-state index in [-0.39, 0.29) is 6.61 Å². The second-order valence-corrected chi connectivity index (χ2v) is 4.17. The SMILES string of the molecule is OCCCc1csc(C2CC2)n1. The Balaban J connectivity index is 1.93. The Hall–Kier alpha value is -0.410. The molecule has 66 valence electrons. The maximum Gasteiger partial charge on any atom is 0.0959 e. The summed E-state index contributed by atoms with van der Waals surface area (Å²) in [4.78, 5) is 4.52. The third kappa shape index (κ3) is 1.84. The first-order valence-corrected chi connectivity index (χ1v) is 5.33. The van der Waals surface area contributed by atoms with E-state index in [9.17, 15) is 0 Å². The summed E-state index contributed by atoms with van der Waals surface area (Å²) in [5, 5.41) is 12.1. The van der Waals surface area contributed by atoms with Crippen LogP contribution in [0.4, 0.5) is 0 Å². The van der Waals surface area contributed by atoms with Gasteiger partial charge in [-0.1, -0.05) is 0 Å². The molecule has 0 radical (unpaired) electrons. The van der Waals surface area contributed by atoms with E-state index in [1.54, 1.807) is 11.3 Å². The first kappa shape index (κ1) is 8.20. The molecular weight excluding hydrogens is 170 g/mol. The molecule has 2 nitrogen and oxygen atoms in total. The van der Waals surface area contributed by atoms with E-state index in [1.807, 2.05) is 0 Å². The molecule has 0 spiro atoms. The molecule has 3 heteroatoms. The van der Waals surface area contributed by atoms with Crippen LogP contribution in [0.5, 0.6) is 0 Å². The maximum atomic E-state index is 8.63. The summed E-state index contributed by atoms with van der Waals surface area (Å²) < 4.78 is 0. The zero-order valence-electron chi connectivity index (χ0n) is 6.99. The number of hydrogen-bond donors (Lipinski definition) is 1. The molecule has 0 bridgehead atoms. The van der Waals surface area contributed by atoms with Crippen molar-refractivity contribution < 1.29 is 5.11 Å². The van der Waals surface area contributed by atoms with Gasteiger partial charge in [0.25, 0.3) is 0 Å². The number of rotatable bonds is 4. The average Bonchev–Trinajstić information content (AvgIpc) is 2.83. The molecule has 0 saturated heterocycles. The van der Waals surface area contributed by atoms with E-state index in [1.165, 1.54) is 17.8 Å². The van der Waals surface area contributed by atoms with E-state index in [4.69, 9.17) is 5.11 Å². The van der Waals surface area contributed by atoms with Gasteiger partial charge in [-0.15, -0.1) is 11.3 Å². The second kappa shape index (κ2) is 3.54. The van der Waals surface area contributed by atoms with E-state index in [0.717, 1.165) is 24.5 Å². The molecule has 1 heterocycles. The molecule has 1 aliphatic rings. The largest absolute Gasteiger partial charge is 0.396 e. The van der Waals surface area contributed by atoms with Crippen molar-refractivity contribution >= 4 is 11.3 Å². The smallest absolute Gasteiger partial charge is 0.0959 e. The number of hydrogen-bond acceptors (Lipinski definition) is 3. The van der Waals surface area contributed by atoms with E-state index < -0.39 is 0 Å². The van der Waals surface area contributed by atoms with Crippen molar-refractivity contribution in [3.63, 3.8) is 0 Å². The van der Waals surface area contributed by atoms with Crippen LogP contribution in [-0.4, -0.2) is 16.7 Å². The molecule has 0 unspecified atom stereocenters. The summed E-state index contributed by atoms with van der Waals surface area (Å²) in [5.41, 5.74) is 1.16. The Morgan fingerprint density at radius 2 is 2.42 bits per heavy atom. The molecule has 1 saturated carbocycles. The van der Waals surface area contributed by atoms with Gasteiger partial charge in [-0.3, -0.25) is 0 Å². The van der Waals surface area contributed by atoms with Gasteiger partial charge >= 0.3 is 0 Å². The number of aryl methyl sites for hydroxylation is 1. The molecule has 0 atom stereocenters. The van der Waals surface area contributed by atoms with Crippen molar-refractivity contribution in [3.05, 3.63) is 16.1 Å². The molecule has 1 N–H and O–H groups in total. The van der Waals surface area contributed by atoms with Crippen LogP contribution >= 0.6 is 11.3 Å². The lowest BCUT2D eigenvalue weighted by Crippen LogP contribution is -1.89. The minimum absolute atomic E-state index is 0.274. The highest BCUT2D eigenvalue weighted by atomic mass is 32.1. The Labute approximate surface area is 76.3 Å². The van der Waals surface area contributed by atoms with Crippen molar-refractivity contribution in [2.45, 2.75) is 31.6 Å². The number of aromatic nitrogens is 1. The molecule has 1 aromatic heterocycles. The summed E-state index contributed by atoms with van der Waals surface area (Å²) in [7, 11) is 0. The number of nitrogens with zero attached hydrogens (tertiary/aromatic N) is 1. The minimum Gasteiger partial charge on any atom is -0.396 e. The second-order valence-electron chi connectivity index (χ2n) is 3.28. The molecule has 1 aliphatic carbocycles. The highest BCUT2D eigenvalue weighted by Gasteiger charge is 2.26. The Morgan fingerprint density at radius 1 is 1.58 bits per heavy atom. The van der Waals surface area contributed by atoms with Crippen LogP contribution in [0, 0.1) is 0 Å². The average molecular weight is 183 g/mol. The van der Waals surface area contributed by atoms with E-state index in [0.29, 0.717) is 0 Å². The lowest BCUT2D eigenvalue weighted by molar-refractivity contribution is 0.288. The molecule has 2 rings (SSSR count). The fourth-order valence-electron chi connectivity index (χ4n) is 1.22. The number of aliphatic hydroxyl groups excluding tert-OH is 1. The third-order valence-electron chi connectivity index (χ3n) is 2.09. The Kier molecular flexibility index (Phi) is 2.42. The highest BCUT2D eigenvalue weighted by molar-refractivity contribution is 7.09. The van der Waals surface area contributed by atoms with Crippen molar-refractivity contribution in [1.29, 1.82) is 0 Å². The van der Waals surface area contributed by atoms with Gasteiger partial charge in [-0.25, -0.2) is 4.98 Å². The lowest BCUT2D eigenvalue weighted by Gasteiger charge is -1.91. The van der Waals surface area contributed by atoms with Crippen LogP contribution in [0.15, 0.2) is 5.38 Å². The van der Waals surface area contributed by atoms with Gasteiger partial charge in [0.2, 0.25) is 0 Å². The summed E-state index contributed by atoms with van der Waals surface area (Å²) in [6, 6.07) is 0. The van der Waals surface area contributed by atoms with Gasteiger partial charge in [-0.05, 0) is 25.7 Å². The number of aliphatic hydroxyl groups is 1. The van der Waals surface area contributed by atoms with Gasteiger partial charge in [-0.2, -0.15) is 0 Å². The zero-order valence-corrected chi connectivity index (χ0v) is 7.81. The summed E-state index contributed by atoms with van der Waals surface area (Å²) in [5.74, 6) is 0.776. The molecule has 1 aromatic rings. The molecule has 0 aromatic carbocycles. The molecular formula is C9H13NOS. The van der Waals surface area contributed by atoms with Crippen LogP contribution in [0.1, 0.15) is 35.9 Å². The minimum atomic E-state index is 0.274.